The van der Waals surface area contributed by atoms with Crippen LogP contribution in [-0.2, 0) is 25.8 Å². The molecule has 8 nitrogen and oxygen atoms in total. The van der Waals surface area contributed by atoms with Crippen LogP contribution in [0.2, 0.25) is 0 Å². The number of sulfone groups is 1. The Morgan fingerprint density at radius 2 is 1.88 bits per heavy atom. The van der Waals surface area contributed by atoms with Gasteiger partial charge in [0.2, 0.25) is 0 Å². The largest absolute Gasteiger partial charge is 0.481 e. The molecule has 2 aromatic rings. The molecule has 2 rings (SSSR count). The molecule has 1 aromatic heterocycles. The number of carboxylic acids is 1. The minimum absolute atomic E-state index is 0.154. The van der Waals surface area contributed by atoms with Crippen molar-refractivity contribution in [1.82, 2.24) is 4.98 Å². The van der Waals surface area contributed by atoms with Crippen LogP contribution in [0.4, 0.5) is 5.13 Å². The van der Waals surface area contributed by atoms with E-state index in [0.29, 0.717) is 11.4 Å². The first-order valence-corrected chi connectivity index (χ1v) is 10.2. The number of hydrogen-bond acceptors (Lipinski definition) is 7. The van der Waals surface area contributed by atoms with E-state index in [0.717, 1.165) is 17.6 Å². The van der Waals surface area contributed by atoms with E-state index in [2.05, 4.69) is 10.3 Å². The Morgan fingerprint density at radius 3 is 2.42 bits per heavy atom. The molecule has 0 radical (unpaired) electrons. The number of nitrogens with one attached hydrogen (secondary N) is 1. The number of aromatic nitrogens is 1. The highest BCUT2D eigenvalue weighted by molar-refractivity contribution is 7.90. The van der Waals surface area contributed by atoms with Crippen molar-refractivity contribution in [3.05, 3.63) is 35.3 Å². The lowest BCUT2D eigenvalue weighted by Crippen LogP contribution is -2.42. The van der Waals surface area contributed by atoms with Crippen LogP contribution < -0.4 is 10.1 Å². The minimum Gasteiger partial charge on any atom is -0.481 e. The Kier molecular flexibility index (Phi) is 5.67. The molecule has 0 unspecified atom stereocenters. The van der Waals surface area contributed by atoms with E-state index in [1.165, 1.54) is 24.3 Å². The molecule has 0 saturated heterocycles. The molecule has 0 saturated carbocycles. The third-order valence-electron chi connectivity index (χ3n) is 3.28. The van der Waals surface area contributed by atoms with Crippen molar-refractivity contribution in [2.75, 3.05) is 11.6 Å². The number of thiazole rings is 1. The van der Waals surface area contributed by atoms with Crippen molar-refractivity contribution in [3.8, 4) is 5.75 Å². The van der Waals surface area contributed by atoms with Crippen molar-refractivity contribution in [2.45, 2.75) is 30.8 Å². The molecule has 0 bridgehead atoms. The van der Waals surface area contributed by atoms with Gasteiger partial charge in [0, 0.05) is 11.6 Å². The van der Waals surface area contributed by atoms with Crippen molar-refractivity contribution >= 4 is 38.2 Å². The summed E-state index contributed by atoms with van der Waals surface area (Å²) in [5.74, 6) is -1.14. The molecule has 1 amide bonds. The van der Waals surface area contributed by atoms with E-state index in [-0.39, 0.29) is 16.4 Å². The maximum absolute atomic E-state index is 12.4. The lowest BCUT2D eigenvalue weighted by molar-refractivity contribution is -0.136. The van der Waals surface area contributed by atoms with Gasteiger partial charge in [0.25, 0.3) is 5.91 Å². The number of carbonyl (C=O) groups is 2. The highest BCUT2D eigenvalue weighted by Gasteiger charge is 2.31. The number of hydrogen-bond donors (Lipinski definition) is 2. The van der Waals surface area contributed by atoms with Crippen molar-refractivity contribution in [3.63, 3.8) is 0 Å². The number of carbonyl (C=O) groups excluding carboxylic acids is 1. The zero-order valence-electron chi connectivity index (χ0n) is 14.3. The topological polar surface area (TPSA) is 123 Å². The average Bonchev–Trinajstić information content (AvgIpc) is 2.92. The number of aliphatic carboxylic acids is 1. The zero-order valence-corrected chi connectivity index (χ0v) is 16.0. The molecule has 140 valence electrons. The lowest BCUT2D eigenvalue weighted by atomic mass is 10.1. The first-order chi connectivity index (χ1) is 12.0. The molecule has 0 atom stereocenters. The Labute approximate surface area is 154 Å². The van der Waals surface area contributed by atoms with Gasteiger partial charge in [0.15, 0.2) is 20.6 Å². The first kappa shape index (κ1) is 19.9. The van der Waals surface area contributed by atoms with Crippen LogP contribution in [0.3, 0.4) is 0 Å². The van der Waals surface area contributed by atoms with Gasteiger partial charge in [-0.05, 0) is 38.1 Å². The van der Waals surface area contributed by atoms with E-state index in [9.17, 15) is 18.0 Å². The van der Waals surface area contributed by atoms with Crippen LogP contribution in [0.25, 0.3) is 0 Å². The SMILES string of the molecule is CC(C)(Oc1ccc(S(C)(=O)=O)cc1)C(=O)Nc1nc(CC(=O)O)cs1. The van der Waals surface area contributed by atoms with Crippen molar-refractivity contribution in [1.29, 1.82) is 0 Å². The van der Waals surface area contributed by atoms with E-state index in [1.807, 2.05) is 0 Å². The van der Waals surface area contributed by atoms with Gasteiger partial charge in [-0.3, -0.25) is 14.9 Å². The smallest absolute Gasteiger partial charge is 0.309 e. The van der Waals surface area contributed by atoms with Crippen LogP contribution >= 0.6 is 11.3 Å². The van der Waals surface area contributed by atoms with Gasteiger partial charge >= 0.3 is 5.97 Å². The third-order valence-corrected chi connectivity index (χ3v) is 5.21. The quantitative estimate of drug-likeness (QED) is 0.731. The summed E-state index contributed by atoms with van der Waals surface area (Å²) in [6.07, 6.45) is 0.881. The second-order valence-electron chi connectivity index (χ2n) is 6.02. The summed E-state index contributed by atoms with van der Waals surface area (Å²) in [4.78, 5) is 27.3. The van der Waals surface area contributed by atoms with E-state index < -0.39 is 27.3 Å². The van der Waals surface area contributed by atoms with Gasteiger partial charge < -0.3 is 9.84 Å². The minimum atomic E-state index is -3.31. The molecule has 2 N–H and O–H groups in total. The molecular weight excluding hydrogens is 380 g/mol. The maximum atomic E-state index is 12.4. The third kappa shape index (κ3) is 5.27. The molecule has 1 heterocycles. The summed E-state index contributed by atoms with van der Waals surface area (Å²) in [5, 5.41) is 13.2. The predicted octanol–water partition coefficient (Wildman–Crippen LogP) is 1.97. The Morgan fingerprint density at radius 1 is 1.27 bits per heavy atom. The van der Waals surface area contributed by atoms with E-state index >= 15 is 0 Å². The van der Waals surface area contributed by atoms with Gasteiger partial charge in [-0.15, -0.1) is 11.3 Å². The van der Waals surface area contributed by atoms with Gasteiger partial charge in [-0.1, -0.05) is 0 Å². The highest BCUT2D eigenvalue weighted by atomic mass is 32.2. The van der Waals surface area contributed by atoms with E-state index in [4.69, 9.17) is 9.84 Å². The van der Waals surface area contributed by atoms with Crippen LogP contribution in [0.1, 0.15) is 19.5 Å². The van der Waals surface area contributed by atoms with Crippen LogP contribution in [0.15, 0.2) is 34.5 Å². The standard InChI is InChI=1S/C16H18N2O6S2/c1-16(2,24-11-4-6-12(7-5-11)26(3,22)23)14(21)18-15-17-10(9-25-15)8-13(19)20/h4-7,9H,8H2,1-3H3,(H,19,20)(H,17,18,21). The summed E-state index contributed by atoms with van der Waals surface area (Å²) < 4.78 is 28.6. The summed E-state index contributed by atoms with van der Waals surface area (Å²) in [6.45, 7) is 3.11. The Balaban J connectivity index is 2.05. The van der Waals surface area contributed by atoms with Gasteiger partial charge in [0.05, 0.1) is 17.0 Å². The molecule has 0 aliphatic heterocycles. The molecule has 1 aromatic carbocycles. The monoisotopic (exact) mass is 398 g/mol. The highest BCUT2D eigenvalue weighted by Crippen LogP contribution is 2.23. The van der Waals surface area contributed by atoms with Crippen LogP contribution in [-0.4, -0.2) is 42.2 Å². The summed E-state index contributed by atoms with van der Waals surface area (Å²) in [5.41, 5.74) is -0.904. The number of carboxylic acid groups (broad SMARTS) is 1. The number of benzene rings is 1. The van der Waals surface area contributed by atoms with Gasteiger partial charge in [-0.25, -0.2) is 13.4 Å². The van der Waals surface area contributed by atoms with Crippen molar-refractivity contribution in [2.24, 2.45) is 0 Å². The molecule has 0 fully saturated rings. The molecule has 26 heavy (non-hydrogen) atoms. The van der Waals surface area contributed by atoms with Crippen LogP contribution in [0.5, 0.6) is 5.75 Å². The molecule has 0 aliphatic carbocycles. The number of nitrogens with zero attached hydrogens (tertiary/aromatic N) is 1. The fourth-order valence-electron chi connectivity index (χ4n) is 1.94. The van der Waals surface area contributed by atoms with Crippen molar-refractivity contribution < 1.29 is 27.9 Å². The molecular formula is C16H18N2O6S2. The second kappa shape index (κ2) is 7.42. The lowest BCUT2D eigenvalue weighted by Gasteiger charge is -2.24. The Hall–Kier alpha value is -2.46. The number of amides is 1. The molecule has 10 heteroatoms. The zero-order chi connectivity index (χ0) is 19.5. The predicted molar refractivity (Wildman–Crippen MR) is 96.3 cm³/mol. The maximum Gasteiger partial charge on any atom is 0.309 e. The number of anilines is 1. The fraction of sp³-hybridized carbons (Fsp3) is 0.312. The average molecular weight is 398 g/mol. The fourth-order valence-corrected chi connectivity index (χ4v) is 3.28. The second-order valence-corrected chi connectivity index (χ2v) is 8.90. The molecule has 0 spiro atoms. The first-order valence-electron chi connectivity index (χ1n) is 7.44. The van der Waals surface area contributed by atoms with Crippen LogP contribution in [0, 0.1) is 0 Å². The van der Waals surface area contributed by atoms with Gasteiger partial charge in [0.1, 0.15) is 5.75 Å². The Bertz CT molecular complexity index is 916. The van der Waals surface area contributed by atoms with E-state index in [1.54, 1.807) is 19.2 Å². The summed E-state index contributed by atoms with van der Waals surface area (Å²) >= 11 is 1.12. The number of rotatable bonds is 7. The normalized spacial score (nSPS) is 11.8. The number of ether oxygens (including phenoxy) is 1. The summed E-state index contributed by atoms with van der Waals surface area (Å²) in [6, 6.07) is 5.74. The van der Waals surface area contributed by atoms with Gasteiger partial charge in [-0.2, -0.15) is 0 Å². The molecule has 0 aliphatic rings. The summed E-state index contributed by atoms with van der Waals surface area (Å²) in [7, 11) is -3.31.